The largest absolute Gasteiger partial charge is 0.508 e. The van der Waals surface area contributed by atoms with Gasteiger partial charge in [-0.3, -0.25) is 0 Å². The van der Waals surface area contributed by atoms with E-state index in [1.54, 1.807) is 30.3 Å². The number of hydrogen-bond donors (Lipinski definition) is 7. The Morgan fingerprint density at radius 3 is 2.06 bits per heavy atom. The zero-order chi connectivity index (χ0) is 37.9. The summed E-state index contributed by atoms with van der Waals surface area (Å²) in [5, 5.41) is 67.1. The van der Waals surface area contributed by atoms with Crippen molar-refractivity contribution in [2.75, 3.05) is 11.5 Å². The average Bonchev–Trinajstić information content (AvgIpc) is 3.52. The maximum Gasteiger partial charge on any atom is 0.174 e. The van der Waals surface area contributed by atoms with Crippen molar-refractivity contribution in [2.45, 2.75) is 68.0 Å². The van der Waals surface area contributed by atoms with Gasteiger partial charge in [0.05, 0.1) is 24.8 Å². The van der Waals surface area contributed by atoms with Gasteiger partial charge in [0.15, 0.2) is 5.11 Å². The van der Waals surface area contributed by atoms with Crippen molar-refractivity contribution >= 4 is 23.0 Å². The van der Waals surface area contributed by atoms with E-state index in [0.29, 0.717) is 41.1 Å². The first-order valence-electron chi connectivity index (χ1n) is 18.1. The third-order valence-corrected chi connectivity index (χ3v) is 10.8. The molecular weight excluding hydrogens is 708 g/mol. The summed E-state index contributed by atoms with van der Waals surface area (Å²) in [4.78, 5) is 2.02. The molecule has 0 spiro atoms. The van der Waals surface area contributed by atoms with Gasteiger partial charge < -0.3 is 45.6 Å². The Hall–Kier alpha value is -4.72. The van der Waals surface area contributed by atoms with Crippen LogP contribution in [0.5, 0.6) is 5.75 Å². The number of aliphatic hydroxyl groups is 5. The third-order valence-electron chi connectivity index (χ3n) is 10.5. The van der Waals surface area contributed by atoms with Crippen molar-refractivity contribution in [3.8, 4) is 28.0 Å². The molecule has 5 aromatic carbocycles. The predicted octanol–water partition coefficient (Wildman–Crippen LogP) is 6.09. The van der Waals surface area contributed by atoms with Crippen LogP contribution < -0.4 is 10.2 Å². The molecule has 0 aliphatic carbocycles. The standard InChI is InChI=1S/C43H43FN2O7S/c44-31-18-13-28(14-19-31)35(48)8-4-7-34-38(46(43(54)45-34)32-20-15-26(16-21-32)25-5-2-1-3-6-25)33-22-17-30(23-36(33)49)27-9-11-29(12-10-27)42-41(52)40(51)39(50)37(24-47)53-42/h1-3,5-6,9-23,34-35,37-42,47-52H,4,7-8,24H2,(H,45,54)/t34-,35?,37-,38-,39-,40+,41-,42+/m1/s1. The van der Waals surface area contributed by atoms with Gasteiger partial charge in [-0.1, -0.05) is 91.0 Å². The van der Waals surface area contributed by atoms with Crippen LogP contribution in [0.25, 0.3) is 22.3 Å². The van der Waals surface area contributed by atoms with Gasteiger partial charge in [-0.25, -0.2) is 4.39 Å². The molecule has 9 nitrogen and oxygen atoms in total. The van der Waals surface area contributed by atoms with Crippen LogP contribution in [0, 0.1) is 5.82 Å². The van der Waals surface area contributed by atoms with E-state index in [-0.39, 0.29) is 23.7 Å². The molecule has 54 heavy (non-hydrogen) atoms. The fourth-order valence-electron chi connectivity index (χ4n) is 7.52. The summed E-state index contributed by atoms with van der Waals surface area (Å²) in [6.45, 7) is -0.512. The fourth-order valence-corrected chi connectivity index (χ4v) is 7.89. The minimum atomic E-state index is -1.48. The van der Waals surface area contributed by atoms with Crippen LogP contribution in [-0.4, -0.2) is 72.8 Å². The molecule has 0 radical (unpaired) electrons. The molecule has 8 atom stereocenters. The zero-order valence-electron chi connectivity index (χ0n) is 29.3. The monoisotopic (exact) mass is 750 g/mol. The Balaban J connectivity index is 1.14. The molecule has 0 amide bonds. The number of phenols is 1. The lowest BCUT2D eigenvalue weighted by atomic mass is 9.90. The van der Waals surface area contributed by atoms with Crippen molar-refractivity contribution < 1.29 is 39.8 Å². The number of nitrogens with one attached hydrogen (secondary N) is 1. The van der Waals surface area contributed by atoms with E-state index in [4.69, 9.17) is 17.0 Å². The summed E-state index contributed by atoms with van der Waals surface area (Å²) < 4.78 is 19.2. The quantitative estimate of drug-likeness (QED) is 0.0793. The summed E-state index contributed by atoms with van der Waals surface area (Å²) in [7, 11) is 0. The van der Waals surface area contributed by atoms with E-state index >= 15 is 0 Å². The number of aromatic hydroxyl groups is 1. The summed E-state index contributed by atoms with van der Waals surface area (Å²) in [5.41, 5.74) is 6.41. The molecule has 0 saturated carbocycles. The number of phenolic OH excluding ortho intramolecular Hbond substituents is 1. The van der Waals surface area contributed by atoms with Crippen LogP contribution in [0.4, 0.5) is 10.1 Å². The molecule has 0 bridgehead atoms. The molecule has 11 heteroatoms. The van der Waals surface area contributed by atoms with Gasteiger partial charge in [0.1, 0.15) is 42.1 Å². The smallest absolute Gasteiger partial charge is 0.174 e. The van der Waals surface area contributed by atoms with E-state index in [2.05, 4.69) is 17.4 Å². The maximum atomic E-state index is 13.5. The molecule has 5 aromatic rings. The Kier molecular flexibility index (Phi) is 11.4. The highest BCUT2D eigenvalue weighted by molar-refractivity contribution is 7.80. The van der Waals surface area contributed by atoms with E-state index < -0.39 is 43.2 Å². The van der Waals surface area contributed by atoms with Crippen molar-refractivity contribution in [1.29, 1.82) is 0 Å². The number of hydrogen-bond acceptors (Lipinski definition) is 8. The SMILES string of the molecule is OC[C@H]1O[C@@H](c2ccc(-c3ccc([C@@H]4[C@@H](CCCC(O)c5ccc(F)cc5)NC(=S)N4c4ccc(-c5ccccc5)cc4)c(O)c3)cc2)[C@H](O)[C@@H](O)[C@@H]1O. The molecule has 2 saturated heterocycles. The Morgan fingerprint density at radius 2 is 1.39 bits per heavy atom. The first kappa shape index (κ1) is 37.6. The number of anilines is 1. The highest BCUT2D eigenvalue weighted by Crippen LogP contribution is 2.42. The number of benzene rings is 5. The fraction of sp³-hybridized carbons (Fsp3) is 0.279. The zero-order valence-corrected chi connectivity index (χ0v) is 30.1. The van der Waals surface area contributed by atoms with Gasteiger partial charge in [-0.15, -0.1) is 0 Å². The molecule has 0 aromatic heterocycles. The first-order valence-corrected chi connectivity index (χ1v) is 18.5. The van der Waals surface area contributed by atoms with Crippen LogP contribution in [0.2, 0.25) is 0 Å². The molecular formula is C43H43FN2O7S. The van der Waals surface area contributed by atoms with Gasteiger partial charge >= 0.3 is 0 Å². The minimum absolute atomic E-state index is 0.0734. The highest BCUT2D eigenvalue weighted by atomic mass is 32.1. The van der Waals surface area contributed by atoms with E-state index in [9.17, 15) is 35.0 Å². The number of rotatable bonds is 11. The topological polar surface area (TPSA) is 146 Å². The predicted molar refractivity (Wildman–Crippen MR) is 208 cm³/mol. The van der Waals surface area contributed by atoms with Gasteiger partial charge in [-0.2, -0.15) is 0 Å². The summed E-state index contributed by atoms with van der Waals surface area (Å²) in [6.07, 6.45) is -5.31. The number of nitrogens with zero attached hydrogens (tertiary/aromatic N) is 1. The Labute approximate surface area is 318 Å². The van der Waals surface area contributed by atoms with Crippen LogP contribution in [-0.2, 0) is 4.74 Å². The number of thiocarbonyl (C=S) groups is 1. The Bertz CT molecular complexity index is 2030. The number of aliphatic hydroxyl groups excluding tert-OH is 5. The lowest BCUT2D eigenvalue weighted by Crippen LogP contribution is -2.55. The van der Waals surface area contributed by atoms with Crippen molar-refractivity contribution in [2.24, 2.45) is 0 Å². The highest BCUT2D eigenvalue weighted by Gasteiger charge is 2.44. The van der Waals surface area contributed by atoms with E-state index in [0.717, 1.165) is 27.9 Å². The normalized spacial score (nSPS) is 24.7. The van der Waals surface area contributed by atoms with Gasteiger partial charge in [0, 0.05) is 11.3 Å². The van der Waals surface area contributed by atoms with Crippen LogP contribution in [0.3, 0.4) is 0 Å². The van der Waals surface area contributed by atoms with Gasteiger partial charge in [0.2, 0.25) is 0 Å². The number of ether oxygens (including phenoxy) is 1. The molecule has 2 aliphatic heterocycles. The molecule has 7 rings (SSSR count). The molecule has 7 N–H and O–H groups in total. The van der Waals surface area contributed by atoms with Gasteiger partial charge in [-0.05, 0) is 95.2 Å². The van der Waals surface area contributed by atoms with Crippen molar-refractivity contribution in [1.82, 2.24) is 5.32 Å². The maximum absolute atomic E-state index is 13.5. The lowest BCUT2D eigenvalue weighted by Gasteiger charge is -2.40. The Morgan fingerprint density at radius 1 is 0.759 bits per heavy atom. The second-order valence-electron chi connectivity index (χ2n) is 13.9. The summed E-state index contributed by atoms with van der Waals surface area (Å²) in [6, 6.07) is 36.1. The first-order chi connectivity index (χ1) is 26.1. The van der Waals surface area contributed by atoms with Crippen molar-refractivity contribution in [3.05, 3.63) is 144 Å². The lowest BCUT2D eigenvalue weighted by molar-refractivity contribution is -0.231. The minimum Gasteiger partial charge on any atom is -0.508 e. The third kappa shape index (κ3) is 7.75. The molecule has 1 unspecified atom stereocenters. The molecule has 2 fully saturated rings. The van der Waals surface area contributed by atoms with Crippen LogP contribution >= 0.6 is 12.2 Å². The van der Waals surface area contributed by atoms with Crippen molar-refractivity contribution in [3.63, 3.8) is 0 Å². The second kappa shape index (κ2) is 16.3. The molecule has 280 valence electrons. The van der Waals surface area contributed by atoms with E-state index in [1.807, 2.05) is 71.6 Å². The van der Waals surface area contributed by atoms with Crippen LogP contribution in [0.1, 0.15) is 54.2 Å². The van der Waals surface area contributed by atoms with Crippen LogP contribution in [0.15, 0.2) is 121 Å². The van der Waals surface area contributed by atoms with E-state index in [1.165, 1.54) is 12.1 Å². The van der Waals surface area contributed by atoms with Gasteiger partial charge in [0.25, 0.3) is 0 Å². The average molecular weight is 751 g/mol. The molecule has 2 aliphatic rings. The second-order valence-corrected chi connectivity index (χ2v) is 14.3. The summed E-state index contributed by atoms with van der Waals surface area (Å²) >= 11 is 5.92. The summed E-state index contributed by atoms with van der Waals surface area (Å²) in [5.74, 6) is -0.283. The number of halogens is 1. The molecule has 2 heterocycles.